The van der Waals surface area contributed by atoms with Gasteiger partial charge in [0.15, 0.2) is 5.75 Å². The first kappa shape index (κ1) is 28.1. The van der Waals surface area contributed by atoms with Gasteiger partial charge in [0, 0.05) is 49.8 Å². The molecule has 2 aliphatic heterocycles. The van der Waals surface area contributed by atoms with E-state index in [0.717, 1.165) is 37.2 Å². The summed E-state index contributed by atoms with van der Waals surface area (Å²) in [6, 6.07) is 11.2. The summed E-state index contributed by atoms with van der Waals surface area (Å²) in [5.74, 6) is -0.0222. The molecule has 1 saturated heterocycles. The number of nitrogens with zero attached hydrogens (tertiary/aromatic N) is 3. The fraction of sp³-hybridized carbons (Fsp3) is 0.407. The summed E-state index contributed by atoms with van der Waals surface area (Å²) in [6.07, 6.45) is 4.44. The molecule has 12 heteroatoms. The lowest BCUT2D eigenvalue weighted by molar-refractivity contribution is -0.385. The number of rotatable bonds is 10. The number of hydrogen-bond acceptors (Lipinski definition) is 8. The van der Waals surface area contributed by atoms with Crippen LogP contribution in [0, 0.1) is 10.1 Å². The van der Waals surface area contributed by atoms with Crippen LogP contribution in [0.1, 0.15) is 25.3 Å². The smallest absolute Gasteiger partial charge is 0.482 e. The molecule has 0 spiro atoms. The predicted octanol–water partition coefficient (Wildman–Crippen LogP) is 4.87. The van der Waals surface area contributed by atoms with Crippen molar-refractivity contribution in [3.05, 3.63) is 76.6 Å². The molecule has 9 nitrogen and oxygen atoms in total. The van der Waals surface area contributed by atoms with Crippen LogP contribution in [0.3, 0.4) is 0 Å². The Morgan fingerprint density at radius 1 is 1.15 bits per heavy atom. The average Bonchev–Trinajstić information content (AvgIpc) is 3.34. The molecular formula is C27H32F3N5O4. The molecular weight excluding hydrogens is 515 g/mol. The van der Waals surface area contributed by atoms with Crippen LogP contribution in [0.5, 0.6) is 11.5 Å². The molecule has 0 unspecified atom stereocenters. The molecule has 0 saturated carbocycles. The minimum absolute atomic E-state index is 0.0653. The fourth-order valence-corrected chi connectivity index (χ4v) is 4.62. The van der Waals surface area contributed by atoms with E-state index < -0.39 is 16.9 Å². The fourth-order valence-electron chi connectivity index (χ4n) is 4.62. The maximum absolute atomic E-state index is 12.3. The van der Waals surface area contributed by atoms with Crippen LogP contribution in [-0.2, 0) is 0 Å². The van der Waals surface area contributed by atoms with Crippen LogP contribution in [0.4, 0.5) is 24.5 Å². The van der Waals surface area contributed by atoms with E-state index in [4.69, 9.17) is 4.74 Å². The molecule has 1 fully saturated rings. The molecule has 0 bridgehead atoms. The summed E-state index contributed by atoms with van der Waals surface area (Å²) < 4.78 is 46.6. The third-order valence-electron chi connectivity index (χ3n) is 6.81. The number of benzene rings is 2. The highest BCUT2D eigenvalue weighted by Gasteiger charge is 2.31. The first-order valence-corrected chi connectivity index (χ1v) is 12.6. The van der Waals surface area contributed by atoms with Crippen LogP contribution in [0.2, 0.25) is 0 Å². The molecule has 2 N–H and O–H groups in total. The number of ether oxygens (including phenoxy) is 2. The Morgan fingerprint density at radius 3 is 2.44 bits per heavy atom. The number of nitro benzene ring substituents is 1. The SMILES string of the molecule is CN(CC=Cc1ccc(OC(F)(F)F)cc1)C1CCN(c2ccc(OCC3(C)NC=CN3)c([N+](=O)[O-])c2)CC1. The van der Waals surface area contributed by atoms with E-state index in [1.165, 1.54) is 12.1 Å². The second-order valence-electron chi connectivity index (χ2n) is 9.83. The van der Waals surface area contributed by atoms with Crippen molar-refractivity contribution in [2.75, 3.05) is 38.2 Å². The second kappa shape index (κ2) is 11.9. The topological polar surface area (TPSA) is 92.1 Å². The summed E-state index contributed by atoms with van der Waals surface area (Å²) in [7, 11) is 2.03. The predicted molar refractivity (Wildman–Crippen MR) is 142 cm³/mol. The van der Waals surface area contributed by atoms with Gasteiger partial charge < -0.3 is 25.0 Å². The minimum atomic E-state index is -4.70. The number of piperidine rings is 1. The highest BCUT2D eigenvalue weighted by molar-refractivity contribution is 5.60. The van der Waals surface area contributed by atoms with Gasteiger partial charge in [0.25, 0.3) is 0 Å². The summed E-state index contributed by atoms with van der Waals surface area (Å²) >= 11 is 0. The van der Waals surface area contributed by atoms with Crippen molar-refractivity contribution in [1.29, 1.82) is 0 Å². The maximum Gasteiger partial charge on any atom is 0.573 e. The third kappa shape index (κ3) is 7.79. The van der Waals surface area contributed by atoms with E-state index in [1.807, 2.05) is 32.2 Å². The summed E-state index contributed by atoms with van der Waals surface area (Å²) in [4.78, 5) is 15.7. The van der Waals surface area contributed by atoms with E-state index in [9.17, 15) is 23.3 Å². The Bertz CT molecular complexity index is 1190. The molecule has 0 aromatic heterocycles. The first-order valence-electron chi connectivity index (χ1n) is 12.6. The lowest BCUT2D eigenvalue weighted by atomic mass is 10.0. The molecule has 2 aromatic carbocycles. The van der Waals surface area contributed by atoms with E-state index in [-0.39, 0.29) is 23.8 Å². The van der Waals surface area contributed by atoms with Crippen molar-refractivity contribution in [3.63, 3.8) is 0 Å². The van der Waals surface area contributed by atoms with Crippen LogP contribution in [-0.4, -0.2) is 61.2 Å². The van der Waals surface area contributed by atoms with Crippen molar-refractivity contribution in [2.45, 2.75) is 37.8 Å². The lowest BCUT2D eigenvalue weighted by Crippen LogP contribution is -2.50. The van der Waals surface area contributed by atoms with Gasteiger partial charge in [0.2, 0.25) is 0 Å². The summed E-state index contributed by atoms with van der Waals surface area (Å²) in [5.41, 5.74) is 0.983. The number of anilines is 1. The van der Waals surface area contributed by atoms with Crippen molar-refractivity contribution in [2.24, 2.45) is 0 Å². The maximum atomic E-state index is 12.3. The Labute approximate surface area is 225 Å². The van der Waals surface area contributed by atoms with E-state index >= 15 is 0 Å². The lowest BCUT2D eigenvalue weighted by Gasteiger charge is -2.37. The Hall–Kier alpha value is -3.93. The van der Waals surface area contributed by atoms with Crippen LogP contribution < -0.4 is 25.0 Å². The van der Waals surface area contributed by atoms with Gasteiger partial charge >= 0.3 is 12.0 Å². The molecule has 0 atom stereocenters. The number of halogens is 3. The van der Waals surface area contributed by atoms with Gasteiger partial charge in [-0.15, -0.1) is 13.2 Å². The molecule has 2 aromatic rings. The van der Waals surface area contributed by atoms with Gasteiger partial charge in [-0.3, -0.25) is 15.0 Å². The molecule has 2 heterocycles. The zero-order valence-corrected chi connectivity index (χ0v) is 21.8. The molecule has 210 valence electrons. The number of hydrogen-bond donors (Lipinski definition) is 2. The highest BCUT2D eigenvalue weighted by atomic mass is 19.4. The third-order valence-corrected chi connectivity index (χ3v) is 6.81. The van der Waals surface area contributed by atoms with Gasteiger partial charge in [-0.05, 0) is 56.6 Å². The standard InChI is InChI=1S/C27H32F3N5O4/c1-26(31-13-14-32-26)19-38-25-10-7-22(18-24(25)35(36)37)34-16-11-21(12-17-34)33(2)15-3-4-20-5-8-23(9-6-20)39-27(28,29)30/h3-10,13-14,18,21,31-32H,11-12,15-17,19H2,1-2H3. The van der Waals surface area contributed by atoms with E-state index in [2.05, 4.69) is 25.2 Å². The van der Waals surface area contributed by atoms with Crippen molar-refractivity contribution >= 4 is 17.5 Å². The summed E-state index contributed by atoms with van der Waals surface area (Å²) in [5, 5.41) is 18.0. The molecule has 0 aliphatic carbocycles. The van der Waals surface area contributed by atoms with Crippen molar-refractivity contribution < 1.29 is 27.6 Å². The van der Waals surface area contributed by atoms with Crippen LogP contribution in [0.25, 0.3) is 6.08 Å². The van der Waals surface area contributed by atoms with Gasteiger partial charge in [-0.1, -0.05) is 24.3 Å². The largest absolute Gasteiger partial charge is 0.573 e. The monoisotopic (exact) mass is 547 g/mol. The minimum Gasteiger partial charge on any atom is -0.482 e. The van der Waals surface area contributed by atoms with Gasteiger partial charge in [-0.25, -0.2) is 0 Å². The normalized spacial score (nSPS) is 17.3. The zero-order valence-electron chi connectivity index (χ0n) is 21.8. The first-order chi connectivity index (χ1) is 18.5. The number of likely N-dealkylation sites (N-methyl/N-ethyl adjacent to an activating group) is 1. The van der Waals surface area contributed by atoms with E-state index in [0.29, 0.717) is 12.6 Å². The summed E-state index contributed by atoms with van der Waals surface area (Å²) in [6.45, 7) is 4.31. The Balaban J connectivity index is 1.27. The van der Waals surface area contributed by atoms with Gasteiger partial charge in [0.1, 0.15) is 18.0 Å². The molecule has 2 aliphatic rings. The quantitative estimate of drug-likeness (QED) is 0.322. The van der Waals surface area contributed by atoms with Gasteiger partial charge in [-0.2, -0.15) is 0 Å². The molecule has 0 radical (unpaired) electrons. The van der Waals surface area contributed by atoms with Gasteiger partial charge in [0.05, 0.1) is 4.92 Å². The molecule has 0 amide bonds. The molecule has 4 rings (SSSR count). The Morgan fingerprint density at radius 2 is 1.82 bits per heavy atom. The number of nitro groups is 1. The molecule has 39 heavy (non-hydrogen) atoms. The number of nitrogens with one attached hydrogen (secondary N) is 2. The average molecular weight is 548 g/mol. The van der Waals surface area contributed by atoms with Crippen molar-refractivity contribution in [1.82, 2.24) is 15.5 Å². The Kier molecular flexibility index (Phi) is 8.54. The van der Waals surface area contributed by atoms with E-state index in [1.54, 1.807) is 36.7 Å². The highest BCUT2D eigenvalue weighted by Crippen LogP contribution is 2.33. The van der Waals surface area contributed by atoms with Crippen LogP contribution in [0.15, 0.2) is 60.9 Å². The second-order valence-corrected chi connectivity index (χ2v) is 9.83. The zero-order chi connectivity index (χ0) is 28.0. The number of alkyl halides is 3. The van der Waals surface area contributed by atoms with Crippen molar-refractivity contribution in [3.8, 4) is 11.5 Å². The van der Waals surface area contributed by atoms with Crippen LogP contribution >= 0.6 is 0 Å².